The number of furan rings is 1. The van der Waals surface area contributed by atoms with Gasteiger partial charge in [0.15, 0.2) is 10.9 Å². The van der Waals surface area contributed by atoms with Crippen LogP contribution in [-0.4, -0.2) is 23.0 Å². The van der Waals surface area contributed by atoms with Crippen molar-refractivity contribution in [2.24, 2.45) is 0 Å². The third-order valence-corrected chi connectivity index (χ3v) is 7.58. The zero-order valence-corrected chi connectivity index (χ0v) is 22.4. The maximum atomic E-state index is 12.9. The van der Waals surface area contributed by atoms with E-state index in [-0.39, 0.29) is 55.0 Å². The number of ether oxygens (including phenoxy) is 2. The van der Waals surface area contributed by atoms with Crippen LogP contribution in [0.1, 0.15) is 16.9 Å². The van der Waals surface area contributed by atoms with E-state index in [9.17, 15) is 4.79 Å². The number of nitrogens with zero attached hydrogens (tertiary/aromatic N) is 1. The average molecular weight is 593 g/mol. The fourth-order valence-corrected chi connectivity index (χ4v) is 4.79. The van der Waals surface area contributed by atoms with Crippen LogP contribution in [0.25, 0.3) is 6.08 Å². The van der Waals surface area contributed by atoms with Crippen LogP contribution in [0.5, 0.6) is 11.5 Å². The topological polar surface area (TPSA) is 63.9 Å². The summed E-state index contributed by atoms with van der Waals surface area (Å²) in [6.45, 7) is 0.239. The van der Waals surface area contributed by atoms with Gasteiger partial charge in [0.2, 0.25) is 0 Å². The molecule has 2 aromatic carbocycles. The summed E-state index contributed by atoms with van der Waals surface area (Å²) in [5.41, 5.74) is 1.67. The first-order valence-electron chi connectivity index (χ1n) is 9.89. The number of thiocarbonyl (C=S) groups is 1. The maximum absolute atomic E-state index is 12.9. The zero-order valence-electron chi connectivity index (χ0n) is 17.8. The van der Waals surface area contributed by atoms with Gasteiger partial charge in [0.25, 0.3) is 5.91 Å². The second kappa shape index (κ2) is 10.9. The van der Waals surface area contributed by atoms with Crippen LogP contribution in [-0.2, 0) is 17.9 Å². The fourth-order valence-electron chi connectivity index (χ4n) is 3.30. The van der Waals surface area contributed by atoms with Gasteiger partial charge in [0.1, 0.15) is 33.9 Å². The number of amides is 1. The van der Waals surface area contributed by atoms with Crippen molar-refractivity contribution < 1.29 is 18.7 Å². The number of methoxy groups -OCH3 is 1. The highest BCUT2D eigenvalue weighted by Crippen LogP contribution is 2.48. The molecule has 1 saturated heterocycles. The van der Waals surface area contributed by atoms with Gasteiger partial charge in [0, 0.05) is 5.56 Å². The molecule has 3 aromatic rings. The molecule has 1 aliphatic rings. The highest BCUT2D eigenvalue weighted by Gasteiger charge is 2.31. The highest BCUT2D eigenvalue weighted by molar-refractivity contribution is 7.80. The zero-order chi connectivity index (χ0) is 25.3. The molecule has 0 bridgehead atoms. The number of carbonyl (C=O) groups is 1. The van der Waals surface area contributed by atoms with Gasteiger partial charge in [-0.2, -0.15) is 0 Å². The van der Waals surface area contributed by atoms with Gasteiger partial charge < -0.3 is 19.2 Å². The molecule has 182 valence electrons. The first-order chi connectivity index (χ1) is 16.7. The molecule has 1 fully saturated rings. The van der Waals surface area contributed by atoms with Crippen LogP contribution < -0.4 is 14.8 Å². The quantitative estimate of drug-likeness (QED) is 0.134. The normalized spacial score (nSPS) is 14.6. The van der Waals surface area contributed by atoms with Crippen LogP contribution in [0.15, 0.2) is 46.7 Å². The molecule has 0 spiro atoms. The molecule has 0 aliphatic carbocycles. The maximum Gasteiger partial charge on any atom is 0.276 e. The molecule has 1 aromatic heterocycles. The summed E-state index contributed by atoms with van der Waals surface area (Å²) < 4.78 is 16.6. The van der Waals surface area contributed by atoms with E-state index in [1.165, 1.54) is 18.3 Å². The van der Waals surface area contributed by atoms with Crippen molar-refractivity contribution in [3.05, 3.63) is 84.3 Å². The Morgan fingerprint density at radius 2 is 1.74 bits per heavy atom. The van der Waals surface area contributed by atoms with Gasteiger partial charge in [-0.15, -0.1) is 0 Å². The van der Waals surface area contributed by atoms with Crippen molar-refractivity contribution in [2.75, 3.05) is 7.11 Å². The number of benzene rings is 2. The molecule has 0 unspecified atom stereocenters. The smallest absolute Gasteiger partial charge is 0.276 e. The number of halogens is 5. The molecular formula is C23H15Cl5N2O4S. The minimum atomic E-state index is -0.274. The van der Waals surface area contributed by atoms with E-state index < -0.39 is 0 Å². The van der Waals surface area contributed by atoms with Crippen LogP contribution in [0.3, 0.4) is 0 Å². The average Bonchev–Trinajstić information content (AvgIpc) is 3.46. The van der Waals surface area contributed by atoms with Crippen molar-refractivity contribution in [2.45, 2.75) is 13.2 Å². The Hall–Kier alpha value is -2.13. The van der Waals surface area contributed by atoms with E-state index in [2.05, 4.69) is 5.32 Å². The van der Waals surface area contributed by atoms with Crippen LogP contribution in [0, 0.1) is 0 Å². The second-order valence-electron chi connectivity index (χ2n) is 7.22. The van der Waals surface area contributed by atoms with Gasteiger partial charge in [-0.05, 0) is 48.1 Å². The molecule has 35 heavy (non-hydrogen) atoms. The fraction of sp³-hybridized carbons (Fsp3) is 0.130. The van der Waals surface area contributed by atoms with Gasteiger partial charge in [-0.1, -0.05) is 64.1 Å². The van der Waals surface area contributed by atoms with Gasteiger partial charge in [-0.25, -0.2) is 0 Å². The molecular weight excluding hydrogens is 578 g/mol. The lowest BCUT2D eigenvalue weighted by Gasteiger charge is -2.15. The van der Waals surface area contributed by atoms with Gasteiger partial charge in [-0.3, -0.25) is 9.69 Å². The van der Waals surface area contributed by atoms with E-state index in [1.54, 1.807) is 36.4 Å². The molecule has 0 saturated carbocycles. The summed E-state index contributed by atoms with van der Waals surface area (Å²) in [6.07, 6.45) is 3.21. The number of nitrogens with one attached hydrogen (secondary N) is 1. The van der Waals surface area contributed by atoms with E-state index in [1.807, 2.05) is 0 Å². The number of rotatable bonds is 7. The number of hydrogen-bond acceptors (Lipinski definition) is 5. The van der Waals surface area contributed by atoms with E-state index in [0.29, 0.717) is 28.3 Å². The second-order valence-corrected chi connectivity index (χ2v) is 9.49. The van der Waals surface area contributed by atoms with Crippen LogP contribution in [0.4, 0.5) is 0 Å². The molecule has 6 nitrogen and oxygen atoms in total. The van der Waals surface area contributed by atoms with E-state index >= 15 is 0 Å². The highest BCUT2D eigenvalue weighted by atomic mass is 35.5. The lowest BCUT2D eigenvalue weighted by Crippen LogP contribution is -2.29. The monoisotopic (exact) mass is 590 g/mol. The van der Waals surface area contributed by atoms with E-state index in [4.69, 9.17) is 84.1 Å². The Balaban J connectivity index is 1.58. The Morgan fingerprint density at radius 1 is 1.06 bits per heavy atom. The lowest BCUT2D eigenvalue weighted by atomic mass is 10.1. The third kappa shape index (κ3) is 5.35. The molecule has 1 N–H and O–H groups in total. The lowest BCUT2D eigenvalue weighted by molar-refractivity contribution is -0.122. The summed E-state index contributed by atoms with van der Waals surface area (Å²) in [7, 11) is 1.53. The van der Waals surface area contributed by atoms with Crippen LogP contribution >= 0.6 is 70.2 Å². The Morgan fingerprint density at radius 3 is 2.37 bits per heavy atom. The van der Waals surface area contributed by atoms with Gasteiger partial charge in [0.05, 0.1) is 35.0 Å². The van der Waals surface area contributed by atoms with Crippen LogP contribution in [0.2, 0.25) is 25.1 Å². The molecule has 12 heteroatoms. The molecule has 2 heterocycles. The van der Waals surface area contributed by atoms with Crippen molar-refractivity contribution >= 4 is 87.3 Å². The molecule has 0 atom stereocenters. The van der Waals surface area contributed by atoms with E-state index in [0.717, 1.165) is 0 Å². The molecule has 1 amide bonds. The minimum absolute atomic E-state index is 0.0122. The standard InChI is InChI=1S/C23H15Cl5N2O4S/c1-32-15-5-4-11(8-14-22(31)30(23(35)29-14)9-13-3-2-6-33-13)7-12(15)10-34-21-19(27)17(25)16(24)18(26)20(21)28/h2-8H,9-10H2,1H3,(H,29,35)/b14-8+. The van der Waals surface area contributed by atoms with Crippen molar-refractivity contribution in [1.82, 2.24) is 10.2 Å². The van der Waals surface area contributed by atoms with Gasteiger partial charge >= 0.3 is 0 Å². The SMILES string of the molecule is COc1ccc(/C=C2/NC(=S)N(Cc3ccco3)C2=O)cc1COc1c(Cl)c(Cl)c(Cl)c(Cl)c1Cl. The summed E-state index contributed by atoms with van der Waals surface area (Å²) in [5.74, 6) is 0.979. The number of carbonyl (C=O) groups excluding carboxylic acids is 1. The van der Waals surface area contributed by atoms with Crippen molar-refractivity contribution in [3.8, 4) is 11.5 Å². The summed E-state index contributed by atoms with van der Waals surface area (Å²) >= 11 is 36.1. The Labute approximate surface area is 231 Å². The summed E-state index contributed by atoms with van der Waals surface area (Å²) in [6, 6.07) is 8.84. The Bertz CT molecular complexity index is 1320. The van der Waals surface area contributed by atoms with Crippen molar-refractivity contribution in [1.29, 1.82) is 0 Å². The first kappa shape index (κ1) is 25.9. The van der Waals surface area contributed by atoms with Crippen molar-refractivity contribution in [3.63, 3.8) is 0 Å². The predicted molar refractivity (Wildman–Crippen MR) is 142 cm³/mol. The number of hydrogen-bond donors (Lipinski definition) is 1. The summed E-state index contributed by atoms with van der Waals surface area (Å²) in [4.78, 5) is 14.3. The molecule has 1 aliphatic heterocycles. The third-order valence-electron chi connectivity index (χ3n) is 5.01. The largest absolute Gasteiger partial charge is 0.496 e. The minimum Gasteiger partial charge on any atom is -0.496 e. The predicted octanol–water partition coefficient (Wildman–Crippen LogP) is 7.39. The summed E-state index contributed by atoms with van der Waals surface area (Å²) in [5, 5.41) is 3.40. The molecule has 4 rings (SSSR count). The molecule has 0 radical (unpaired) electrons. The Kier molecular flexibility index (Phi) is 8.06. The first-order valence-corrected chi connectivity index (χ1v) is 12.2.